The van der Waals surface area contributed by atoms with Crippen molar-refractivity contribution in [2.75, 3.05) is 13.2 Å². The molecule has 1 amide bonds. The van der Waals surface area contributed by atoms with E-state index in [-0.39, 0.29) is 5.91 Å². The summed E-state index contributed by atoms with van der Waals surface area (Å²) in [6.07, 6.45) is 1.24. The number of benzene rings is 3. The molecule has 0 radical (unpaired) electrons. The largest absolute Gasteiger partial charge is 0.375 e. The standard InChI is InChI=1S/C22H23NO2/c24-22(23-15-16-25-17-18-7-2-1-3-8-18)14-13-20-11-6-10-19-9-4-5-12-21(19)20/h1-12H,13-17H2,(H,23,24). The van der Waals surface area contributed by atoms with Crippen molar-refractivity contribution in [3.8, 4) is 0 Å². The third-order valence-electron chi connectivity index (χ3n) is 4.18. The lowest BCUT2D eigenvalue weighted by Crippen LogP contribution is -2.27. The highest BCUT2D eigenvalue weighted by Crippen LogP contribution is 2.19. The number of hydrogen-bond donors (Lipinski definition) is 1. The molecule has 0 aliphatic rings. The van der Waals surface area contributed by atoms with Crippen LogP contribution in [0.4, 0.5) is 0 Å². The molecule has 1 N–H and O–H groups in total. The maximum atomic E-state index is 12.0. The Labute approximate surface area is 148 Å². The van der Waals surface area contributed by atoms with Crippen molar-refractivity contribution >= 4 is 16.7 Å². The molecule has 0 fully saturated rings. The minimum absolute atomic E-state index is 0.0660. The second kappa shape index (κ2) is 9.00. The zero-order valence-electron chi connectivity index (χ0n) is 14.3. The van der Waals surface area contributed by atoms with Gasteiger partial charge >= 0.3 is 0 Å². The van der Waals surface area contributed by atoms with Crippen molar-refractivity contribution in [3.05, 3.63) is 83.9 Å². The van der Waals surface area contributed by atoms with Crippen molar-refractivity contribution in [1.82, 2.24) is 5.32 Å². The van der Waals surface area contributed by atoms with Gasteiger partial charge in [0.15, 0.2) is 0 Å². The lowest BCUT2D eigenvalue weighted by molar-refractivity contribution is -0.121. The minimum atomic E-state index is 0.0660. The van der Waals surface area contributed by atoms with Crippen LogP contribution in [-0.4, -0.2) is 19.1 Å². The van der Waals surface area contributed by atoms with Crippen LogP contribution in [0.1, 0.15) is 17.5 Å². The Balaban J connectivity index is 1.38. The molecule has 3 aromatic carbocycles. The van der Waals surface area contributed by atoms with E-state index in [2.05, 4.69) is 29.6 Å². The van der Waals surface area contributed by atoms with Gasteiger partial charge in [0.05, 0.1) is 13.2 Å². The fourth-order valence-electron chi connectivity index (χ4n) is 2.87. The number of carbonyl (C=O) groups is 1. The van der Waals surface area contributed by atoms with Crippen molar-refractivity contribution < 1.29 is 9.53 Å². The van der Waals surface area contributed by atoms with Gasteiger partial charge in [-0.15, -0.1) is 0 Å². The fraction of sp³-hybridized carbons (Fsp3) is 0.227. The Morgan fingerprint density at radius 1 is 0.880 bits per heavy atom. The van der Waals surface area contributed by atoms with Crippen molar-refractivity contribution in [1.29, 1.82) is 0 Å². The van der Waals surface area contributed by atoms with Gasteiger partial charge in [0.25, 0.3) is 0 Å². The number of hydrogen-bond acceptors (Lipinski definition) is 2. The van der Waals surface area contributed by atoms with Crippen LogP contribution in [0.15, 0.2) is 72.8 Å². The average molecular weight is 333 g/mol. The summed E-state index contributed by atoms with van der Waals surface area (Å²) in [6.45, 7) is 1.64. The van der Waals surface area contributed by atoms with E-state index < -0.39 is 0 Å². The minimum Gasteiger partial charge on any atom is -0.375 e. The van der Waals surface area contributed by atoms with Crippen LogP contribution in [0.25, 0.3) is 10.8 Å². The molecule has 0 heterocycles. The highest BCUT2D eigenvalue weighted by molar-refractivity contribution is 5.86. The molecule has 0 spiro atoms. The molecule has 0 unspecified atom stereocenters. The highest BCUT2D eigenvalue weighted by atomic mass is 16.5. The molecule has 25 heavy (non-hydrogen) atoms. The SMILES string of the molecule is O=C(CCc1cccc2ccccc12)NCCOCc1ccccc1. The lowest BCUT2D eigenvalue weighted by atomic mass is 10.0. The second-order valence-corrected chi connectivity index (χ2v) is 6.03. The Morgan fingerprint density at radius 2 is 1.64 bits per heavy atom. The summed E-state index contributed by atoms with van der Waals surface area (Å²) >= 11 is 0. The summed E-state index contributed by atoms with van der Waals surface area (Å²) < 4.78 is 5.58. The van der Waals surface area contributed by atoms with Crippen molar-refractivity contribution in [2.45, 2.75) is 19.4 Å². The zero-order valence-corrected chi connectivity index (χ0v) is 14.3. The van der Waals surface area contributed by atoms with E-state index >= 15 is 0 Å². The lowest BCUT2D eigenvalue weighted by Gasteiger charge is -2.08. The smallest absolute Gasteiger partial charge is 0.220 e. The Hall–Kier alpha value is -2.65. The first-order valence-electron chi connectivity index (χ1n) is 8.68. The summed E-state index contributed by atoms with van der Waals surface area (Å²) in [5.41, 5.74) is 2.36. The molecule has 0 aliphatic heterocycles. The molecule has 3 aromatic rings. The van der Waals surface area contributed by atoms with Crippen LogP contribution in [-0.2, 0) is 22.6 Å². The number of ether oxygens (including phenoxy) is 1. The van der Waals surface area contributed by atoms with Gasteiger partial charge in [0, 0.05) is 13.0 Å². The monoisotopic (exact) mass is 333 g/mol. The van der Waals surface area contributed by atoms with Crippen molar-refractivity contribution in [3.63, 3.8) is 0 Å². The Bertz CT molecular complexity index is 809. The van der Waals surface area contributed by atoms with E-state index in [0.717, 1.165) is 12.0 Å². The first-order valence-corrected chi connectivity index (χ1v) is 8.68. The average Bonchev–Trinajstić information content (AvgIpc) is 2.67. The number of carbonyl (C=O) groups excluding carboxylic acids is 1. The summed E-state index contributed by atoms with van der Waals surface area (Å²) in [7, 11) is 0. The van der Waals surface area contributed by atoms with E-state index in [4.69, 9.17) is 4.74 Å². The van der Waals surface area contributed by atoms with E-state index in [1.165, 1.54) is 16.3 Å². The summed E-state index contributed by atoms with van der Waals surface area (Å²) in [5, 5.41) is 5.37. The van der Waals surface area contributed by atoms with E-state index in [1.807, 2.05) is 48.5 Å². The van der Waals surface area contributed by atoms with E-state index in [1.54, 1.807) is 0 Å². The van der Waals surface area contributed by atoms with Crippen LogP contribution < -0.4 is 5.32 Å². The first-order chi connectivity index (χ1) is 12.3. The van der Waals surface area contributed by atoms with Crippen LogP contribution in [0.2, 0.25) is 0 Å². The van der Waals surface area contributed by atoms with Gasteiger partial charge in [-0.1, -0.05) is 72.8 Å². The third-order valence-corrected chi connectivity index (χ3v) is 4.18. The summed E-state index contributed by atoms with van der Waals surface area (Å²) in [4.78, 5) is 12.0. The normalized spacial score (nSPS) is 10.7. The maximum Gasteiger partial charge on any atom is 0.220 e. The second-order valence-electron chi connectivity index (χ2n) is 6.03. The zero-order chi connectivity index (χ0) is 17.3. The number of nitrogens with one attached hydrogen (secondary N) is 1. The molecule has 128 valence electrons. The number of rotatable bonds is 8. The Kier molecular flexibility index (Phi) is 6.18. The van der Waals surface area contributed by atoms with Gasteiger partial charge in [-0.3, -0.25) is 4.79 Å². The number of fused-ring (bicyclic) bond motifs is 1. The molecule has 0 saturated heterocycles. The third kappa shape index (κ3) is 5.16. The summed E-state index contributed by atoms with van der Waals surface area (Å²) in [6, 6.07) is 24.6. The molecule has 0 bridgehead atoms. The molecule has 3 heteroatoms. The van der Waals surface area contributed by atoms with Gasteiger partial charge in [-0.25, -0.2) is 0 Å². The maximum absolute atomic E-state index is 12.0. The molecule has 0 aliphatic carbocycles. The molecule has 3 nitrogen and oxygen atoms in total. The van der Waals surface area contributed by atoms with Crippen molar-refractivity contribution in [2.24, 2.45) is 0 Å². The predicted molar refractivity (Wildman–Crippen MR) is 101 cm³/mol. The molecule has 3 rings (SSSR count). The van der Waals surface area contributed by atoms with E-state index in [0.29, 0.717) is 26.2 Å². The topological polar surface area (TPSA) is 38.3 Å². The van der Waals surface area contributed by atoms with Crippen LogP contribution >= 0.6 is 0 Å². The number of aryl methyl sites for hydroxylation is 1. The van der Waals surface area contributed by atoms with Gasteiger partial charge in [0.1, 0.15) is 0 Å². The van der Waals surface area contributed by atoms with Gasteiger partial charge in [0.2, 0.25) is 5.91 Å². The predicted octanol–water partition coefficient (Wildman–Crippen LogP) is 4.11. The molecule has 0 aromatic heterocycles. The molecular formula is C22H23NO2. The van der Waals surface area contributed by atoms with Crippen LogP contribution in [0, 0.1) is 0 Å². The van der Waals surface area contributed by atoms with Crippen LogP contribution in [0.5, 0.6) is 0 Å². The fourth-order valence-corrected chi connectivity index (χ4v) is 2.87. The van der Waals surface area contributed by atoms with Crippen LogP contribution in [0.3, 0.4) is 0 Å². The molecule has 0 saturated carbocycles. The van der Waals surface area contributed by atoms with Gasteiger partial charge in [-0.2, -0.15) is 0 Å². The van der Waals surface area contributed by atoms with E-state index in [9.17, 15) is 4.79 Å². The molecular weight excluding hydrogens is 310 g/mol. The highest BCUT2D eigenvalue weighted by Gasteiger charge is 2.05. The Morgan fingerprint density at radius 3 is 2.52 bits per heavy atom. The first kappa shape index (κ1) is 17.2. The quantitative estimate of drug-likeness (QED) is 0.630. The van der Waals surface area contributed by atoms with Gasteiger partial charge in [-0.05, 0) is 28.3 Å². The molecule has 0 atom stereocenters. The number of amides is 1. The van der Waals surface area contributed by atoms with Gasteiger partial charge < -0.3 is 10.1 Å². The summed E-state index contributed by atoms with van der Waals surface area (Å²) in [5.74, 6) is 0.0660.